The normalized spacial score (nSPS) is 16.1. The third-order valence-electron chi connectivity index (χ3n) is 3.65. The average Bonchev–Trinajstić information content (AvgIpc) is 3.13. The van der Waals surface area contributed by atoms with Gasteiger partial charge in [0.2, 0.25) is 10.0 Å². The summed E-state index contributed by atoms with van der Waals surface area (Å²) >= 11 is 0. The molecule has 2 rings (SSSR count). The van der Waals surface area contributed by atoms with Crippen LogP contribution in [0.5, 0.6) is 0 Å². The number of carbonyl (C=O) groups excluding carboxylic acids is 1. The molecule has 2 heterocycles. The predicted octanol–water partition coefficient (Wildman–Crippen LogP) is 0.576. The van der Waals surface area contributed by atoms with Crippen LogP contribution >= 0.6 is 0 Å². The minimum Gasteiger partial charge on any atom is -0.380 e. The highest BCUT2D eigenvalue weighted by atomic mass is 32.2. The van der Waals surface area contributed by atoms with Crippen LogP contribution in [-0.2, 0) is 21.8 Å². The van der Waals surface area contributed by atoms with Gasteiger partial charge in [-0.05, 0) is 25.8 Å². The van der Waals surface area contributed by atoms with E-state index in [9.17, 15) is 13.2 Å². The molecule has 1 aromatic heterocycles. The van der Waals surface area contributed by atoms with Gasteiger partial charge >= 0.3 is 0 Å². The van der Waals surface area contributed by atoms with Crippen molar-refractivity contribution in [2.75, 3.05) is 32.8 Å². The Morgan fingerprint density at radius 2 is 2.05 bits per heavy atom. The lowest BCUT2D eigenvalue weighted by Gasteiger charge is -2.13. The number of hydrogen-bond donors (Lipinski definition) is 1. The molecule has 124 valence electrons. The van der Waals surface area contributed by atoms with Crippen molar-refractivity contribution >= 4 is 15.9 Å². The smallest absolute Gasteiger partial charge is 0.268 e. The van der Waals surface area contributed by atoms with E-state index in [1.807, 2.05) is 6.92 Å². The molecule has 0 bridgehead atoms. The lowest BCUT2D eigenvalue weighted by Crippen LogP contribution is -2.29. The summed E-state index contributed by atoms with van der Waals surface area (Å²) in [4.78, 5) is 12.3. The number of rotatable bonds is 7. The van der Waals surface area contributed by atoms with Gasteiger partial charge in [-0.1, -0.05) is 0 Å². The zero-order valence-electron chi connectivity index (χ0n) is 13.0. The van der Waals surface area contributed by atoms with E-state index in [0.717, 1.165) is 12.8 Å². The van der Waals surface area contributed by atoms with Gasteiger partial charge < -0.3 is 14.6 Å². The van der Waals surface area contributed by atoms with Crippen molar-refractivity contribution < 1.29 is 17.9 Å². The quantitative estimate of drug-likeness (QED) is 0.742. The fourth-order valence-corrected chi connectivity index (χ4v) is 4.04. The van der Waals surface area contributed by atoms with Gasteiger partial charge in [-0.15, -0.1) is 0 Å². The van der Waals surface area contributed by atoms with E-state index in [2.05, 4.69) is 5.32 Å². The van der Waals surface area contributed by atoms with Gasteiger partial charge in [0.05, 0.1) is 6.61 Å². The highest BCUT2D eigenvalue weighted by Gasteiger charge is 2.29. The Bertz CT molecular complexity index is 618. The van der Waals surface area contributed by atoms with Gasteiger partial charge in [0.1, 0.15) is 10.6 Å². The first-order valence-corrected chi connectivity index (χ1v) is 8.93. The molecule has 1 aliphatic heterocycles. The third kappa shape index (κ3) is 3.68. The number of carbonyl (C=O) groups is 1. The van der Waals surface area contributed by atoms with Crippen LogP contribution in [0.3, 0.4) is 0 Å². The zero-order valence-corrected chi connectivity index (χ0v) is 13.9. The minimum absolute atomic E-state index is 0.173. The maximum absolute atomic E-state index is 12.5. The Labute approximate surface area is 131 Å². The molecule has 1 saturated heterocycles. The molecule has 0 spiro atoms. The molecular weight excluding hydrogens is 306 g/mol. The second-order valence-electron chi connectivity index (χ2n) is 5.24. The van der Waals surface area contributed by atoms with Crippen LogP contribution in [-0.4, -0.2) is 56.0 Å². The van der Waals surface area contributed by atoms with Gasteiger partial charge in [-0.2, -0.15) is 4.31 Å². The van der Waals surface area contributed by atoms with Crippen LogP contribution in [0.1, 0.15) is 30.3 Å². The molecule has 8 heteroatoms. The number of nitrogens with zero attached hydrogens (tertiary/aromatic N) is 2. The number of amides is 1. The van der Waals surface area contributed by atoms with Crippen molar-refractivity contribution in [2.24, 2.45) is 7.05 Å². The summed E-state index contributed by atoms with van der Waals surface area (Å²) in [6.07, 6.45) is 3.26. The van der Waals surface area contributed by atoms with Crippen molar-refractivity contribution in [3.8, 4) is 0 Å². The van der Waals surface area contributed by atoms with Crippen molar-refractivity contribution in [3.05, 3.63) is 18.0 Å². The monoisotopic (exact) mass is 329 g/mol. The maximum Gasteiger partial charge on any atom is 0.268 e. The first-order valence-electron chi connectivity index (χ1n) is 7.49. The fraction of sp³-hybridized carbons (Fsp3) is 0.643. The topological polar surface area (TPSA) is 80.6 Å². The Kier molecular flexibility index (Phi) is 5.60. The summed E-state index contributed by atoms with van der Waals surface area (Å²) in [5, 5.41) is 2.72. The molecule has 0 saturated carbocycles. The number of aromatic nitrogens is 1. The molecule has 1 aliphatic rings. The molecule has 1 fully saturated rings. The number of nitrogens with one attached hydrogen (secondary N) is 1. The molecule has 0 aromatic carbocycles. The number of sulfonamides is 1. The van der Waals surface area contributed by atoms with Gasteiger partial charge in [-0.3, -0.25) is 4.79 Å². The Hall–Kier alpha value is -1.38. The van der Waals surface area contributed by atoms with Gasteiger partial charge in [0, 0.05) is 39.5 Å². The van der Waals surface area contributed by atoms with Crippen molar-refractivity contribution in [1.29, 1.82) is 0 Å². The van der Waals surface area contributed by atoms with Crippen LogP contribution in [0.2, 0.25) is 0 Å². The molecule has 0 unspecified atom stereocenters. The average molecular weight is 329 g/mol. The highest BCUT2D eigenvalue weighted by Crippen LogP contribution is 2.22. The van der Waals surface area contributed by atoms with E-state index >= 15 is 0 Å². The number of ether oxygens (including phenoxy) is 1. The van der Waals surface area contributed by atoms with E-state index in [0.29, 0.717) is 38.5 Å². The maximum atomic E-state index is 12.5. The van der Waals surface area contributed by atoms with E-state index in [4.69, 9.17) is 4.74 Å². The summed E-state index contributed by atoms with van der Waals surface area (Å²) < 4.78 is 33.1. The lowest BCUT2D eigenvalue weighted by atomic mass is 10.4. The van der Waals surface area contributed by atoms with Gasteiger partial charge in [-0.25, -0.2) is 8.42 Å². The summed E-state index contributed by atoms with van der Waals surface area (Å²) in [5.74, 6) is -0.301. The van der Waals surface area contributed by atoms with Crippen molar-refractivity contribution in [3.63, 3.8) is 0 Å². The van der Waals surface area contributed by atoms with Gasteiger partial charge in [0.25, 0.3) is 5.91 Å². The van der Waals surface area contributed by atoms with E-state index in [1.165, 1.54) is 16.6 Å². The zero-order chi connectivity index (χ0) is 16.2. The minimum atomic E-state index is -3.50. The number of aryl methyl sites for hydroxylation is 1. The molecule has 1 amide bonds. The largest absolute Gasteiger partial charge is 0.380 e. The molecule has 1 aromatic rings. The molecule has 0 aliphatic carbocycles. The molecular formula is C14H23N3O4S. The standard InChI is InChI=1S/C14H23N3O4S/c1-3-21-9-6-15-14(18)13-10-12(11-16(13)2)22(19,20)17-7-4-5-8-17/h10-11H,3-9H2,1-2H3,(H,15,18). The van der Waals surface area contributed by atoms with Crippen LogP contribution in [0.25, 0.3) is 0 Å². The summed E-state index contributed by atoms with van der Waals surface area (Å²) in [6.45, 7) is 4.41. The molecule has 0 radical (unpaired) electrons. The Balaban J connectivity index is 2.09. The predicted molar refractivity (Wildman–Crippen MR) is 82.2 cm³/mol. The molecule has 0 atom stereocenters. The van der Waals surface area contributed by atoms with Crippen LogP contribution in [0.15, 0.2) is 17.2 Å². The van der Waals surface area contributed by atoms with E-state index in [1.54, 1.807) is 11.6 Å². The fourth-order valence-electron chi connectivity index (χ4n) is 2.45. The first kappa shape index (κ1) is 17.0. The second-order valence-corrected chi connectivity index (χ2v) is 7.17. The SMILES string of the molecule is CCOCCNC(=O)c1cc(S(=O)(=O)N2CCCC2)cn1C. The molecule has 1 N–H and O–H groups in total. The molecule has 22 heavy (non-hydrogen) atoms. The van der Waals surface area contributed by atoms with Crippen LogP contribution < -0.4 is 5.32 Å². The summed E-state index contributed by atoms with van der Waals surface area (Å²) in [6, 6.07) is 1.43. The summed E-state index contributed by atoms with van der Waals surface area (Å²) in [7, 11) is -1.83. The number of hydrogen-bond acceptors (Lipinski definition) is 4. The lowest BCUT2D eigenvalue weighted by molar-refractivity contribution is 0.0914. The van der Waals surface area contributed by atoms with Gasteiger partial charge in [0.15, 0.2) is 0 Å². The first-order chi connectivity index (χ1) is 10.5. The van der Waals surface area contributed by atoms with Crippen molar-refractivity contribution in [1.82, 2.24) is 14.2 Å². The van der Waals surface area contributed by atoms with E-state index in [-0.39, 0.29) is 10.8 Å². The van der Waals surface area contributed by atoms with Crippen molar-refractivity contribution in [2.45, 2.75) is 24.7 Å². The highest BCUT2D eigenvalue weighted by molar-refractivity contribution is 7.89. The van der Waals surface area contributed by atoms with Crippen LogP contribution in [0, 0.1) is 0 Å². The third-order valence-corrected chi connectivity index (χ3v) is 5.52. The molecule has 7 nitrogen and oxygen atoms in total. The van der Waals surface area contributed by atoms with Crippen LogP contribution in [0.4, 0.5) is 0 Å². The second kappa shape index (κ2) is 7.26. The summed E-state index contributed by atoms with van der Waals surface area (Å²) in [5.41, 5.74) is 0.328. The Morgan fingerprint density at radius 1 is 1.36 bits per heavy atom. The Morgan fingerprint density at radius 3 is 2.68 bits per heavy atom. The van der Waals surface area contributed by atoms with E-state index < -0.39 is 10.0 Å².